The van der Waals surface area contributed by atoms with E-state index in [0.717, 1.165) is 97.4 Å². The fourth-order valence-corrected chi connectivity index (χ4v) is 8.26. The molecule has 4 nitrogen and oxygen atoms in total. The SMILES string of the molecule is C#CCN(CC#C)c1ccc(C(=C\Cc2ccc(C#C)cc2)/C=C/C2=C(c3ccc(C#C)cc3)C(=C/C=C3\C=C(c4ccc(C#C)cc4)Oc4cc(N(CC#C)CC#C)ccc43)/CCC2)c(O)c1. The molecule has 0 unspecified atom stereocenters. The highest BCUT2D eigenvalue weighted by atomic mass is 16.5. The molecule has 0 radical (unpaired) electrons. The largest absolute Gasteiger partial charge is 0.507 e. The number of nitrogens with zero attached hydrogens (tertiary/aromatic N) is 2. The average molecular weight is 877 g/mol. The molecule has 0 aromatic heterocycles. The summed E-state index contributed by atoms with van der Waals surface area (Å²) in [6, 6.07) is 35.4. The van der Waals surface area contributed by atoms with Gasteiger partial charge in [0.1, 0.15) is 17.3 Å². The van der Waals surface area contributed by atoms with E-state index in [1.54, 1.807) is 6.07 Å². The molecule has 68 heavy (non-hydrogen) atoms. The summed E-state index contributed by atoms with van der Waals surface area (Å²) in [5.74, 6) is 20.4. The second-order valence-electron chi connectivity index (χ2n) is 16.1. The van der Waals surface area contributed by atoms with Crippen molar-refractivity contribution in [2.75, 3.05) is 36.0 Å². The Morgan fingerprint density at radius 1 is 0.618 bits per heavy atom. The number of benzene rings is 5. The van der Waals surface area contributed by atoms with E-state index in [0.29, 0.717) is 49.7 Å². The Hall–Kier alpha value is -9.34. The molecule has 1 heterocycles. The van der Waals surface area contributed by atoms with Crippen LogP contribution in [0.25, 0.3) is 22.5 Å². The van der Waals surface area contributed by atoms with Crippen LogP contribution in [-0.4, -0.2) is 31.3 Å². The van der Waals surface area contributed by atoms with Crippen molar-refractivity contribution >= 4 is 33.9 Å². The molecule has 7 rings (SSSR count). The van der Waals surface area contributed by atoms with E-state index in [-0.39, 0.29) is 5.75 Å². The normalized spacial score (nSPS) is 14.2. The molecule has 0 spiro atoms. The number of hydrogen-bond acceptors (Lipinski definition) is 4. The smallest absolute Gasteiger partial charge is 0.137 e. The van der Waals surface area contributed by atoms with Crippen LogP contribution < -0.4 is 14.5 Å². The Labute approximate surface area is 402 Å². The molecule has 1 aliphatic heterocycles. The number of phenolic OH excluding ortho intramolecular Hbond substituents is 1. The van der Waals surface area contributed by atoms with Gasteiger partial charge < -0.3 is 19.6 Å². The number of hydrogen-bond donors (Lipinski definition) is 1. The molecule has 4 heteroatoms. The molecule has 326 valence electrons. The molecule has 0 atom stereocenters. The van der Waals surface area contributed by atoms with E-state index < -0.39 is 0 Å². The van der Waals surface area contributed by atoms with Crippen molar-refractivity contribution < 1.29 is 9.84 Å². The lowest BCUT2D eigenvalue weighted by Gasteiger charge is -2.25. The first kappa shape index (κ1) is 46.6. The Bertz CT molecular complexity index is 3170. The van der Waals surface area contributed by atoms with Gasteiger partial charge in [-0.1, -0.05) is 108 Å². The molecule has 1 aliphatic carbocycles. The van der Waals surface area contributed by atoms with E-state index >= 15 is 0 Å². The molecule has 0 fully saturated rings. The Morgan fingerprint density at radius 3 is 1.75 bits per heavy atom. The zero-order valence-electron chi connectivity index (χ0n) is 37.8. The number of anilines is 2. The number of aromatic hydroxyl groups is 1. The van der Waals surface area contributed by atoms with Gasteiger partial charge in [0.05, 0.1) is 26.2 Å². The van der Waals surface area contributed by atoms with Gasteiger partial charge in [0, 0.05) is 56.9 Å². The van der Waals surface area contributed by atoms with Crippen LogP contribution in [0.1, 0.15) is 63.8 Å². The highest BCUT2D eigenvalue weighted by Gasteiger charge is 2.22. The minimum absolute atomic E-state index is 0.109. The maximum absolute atomic E-state index is 11.6. The Kier molecular flexibility index (Phi) is 15.4. The molecule has 0 saturated carbocycles. The third-order valence-electron chi connectivity index (χ3n) is 11.8. The summed E-state index contributed by atoms with van der Waals surface area (Å²) in [4.78, 5) is 3.82. The van der Waals surface area contributed by atoms with Crippen LogP contribution in [0.3, 0.4) is 0 Å². The zero-order chi connectivity index (χ0) is 47.8. The van der Waals surface area contributed by atoms with Crippen LogP contribution in [-0.2, 0) is 6.42 Å². The highest BCUT2D eigenvalue weighted by molar-refractivity contribution is 5.91. The van der Waals surface area contributed by atoms with E-state index in [1.165, 1.54) is 0 Å². The van der Waals surface area contributed by atoms with Crippen molar-refractivity contribution in [2.24, 2.45) is 0 Å². The Balaban J connectivity index is 1.35. The third-order valence-corrected chi connectivity index (χ3v) is 11.8. The summed E-state index contributed by atoms with van der Waals surface area (Å²) >= 11 is 0. The maximum Gasteiger partial charge on any atom is 0.137 e. The lowest BCUT2D eigenvalue weighted by Crippen LogP contribution is -2.23. The molecule has 5 aromatic carbocycles. The van der Waals surface area contributed by atoms with E-state index in [4.69, 9.17) is 49.7 Å². The van der Waals surface area contributed by atoms with E-state index in [2.05, 4.69) is 96.1 Å². The molecule has 0 amide bonds. The molecular formula is C64H48N2O2. The zero-order valence-corrected chi connectivity index (χ0v) is 37.8. The number of ether oxygens (including phenoxy) is 1. The molecule has 2 aliphatic rings. The molecule has 5 aromatic rings. The second kappa shape index (κ2) is 22.5. The quantitative estimate of drug-likeness (QED) is 0.0891. The van der Waals surface area contributed by atoms with Gasteiger partial charge in [-0.25, -0.2) is 0 Å². The highest BCUT2D eigenvalue weighted by Crippen LogP contribution is 2.42. The number of allylic oxidation sites excluding steroid dienone is 11. The topological polar surface area (TPSA) is 35.9 Å². The lowest BCUT2D eigenvalue weighted by atomic mass is 9.82. The number of phenols is 1. The fourth-order valence-electron chi connectivity index (χ4n) is 8.26. The number of terminal acetylenes is 7. The van der Waals surface area contributed by atoms with Gasteiger partial charge in [0.25, 0.3) is 0 Å². The van der Waals surface area contributed by atoms with Gasteiger partial charge in [-0.3, -0.25) is 0 Å². The average Bonchev–Trinajstić information content (AvgIpc) is 3.38. The van der Waals surface area contributed by atoms with Crippen molar-refractivity contribution in [1.29, 1.82) is 0 Å². The molecule has 0 bridgehead atoms. The number of fused-ring (bicyclic) bond motifs is 1. The van der Waals surface area contributed by atoms with Crippen LogP contribution in [0.15, 0.2) is 157 Å². The summed E-state index contributed by atoms with van der Waals surface area (Å²) < 4.78 is 6.62. The van der Waals surface area contributed by atoms with Crippen LogP contribution in [0.5, 0.6) is 11.5 Å². The van der Waals surface area contributed by atoms with Gasteiger partial charge in [-0.15, -0.1) is 45.0 Å². The second-order valence-corrected chi connectivity index (χ2v) is 16.1. The lowest BCUT2D eigenvalue weighted by molar-refractivity contribution is 0.473. The fraction of sp³-hybridized carbons (Fsp3) is 0.125. The van der Waals surface area contributed by atoms with Gasteiger partial charge in [0.2, 0.25) is 0 Å². The monoisotopic (exact) mass is 876 g/mol. The molecule has 1 N–H and O–H groups in total. The first-order valence-corrected chi connectivity index (χ1v) is 22.1. The van der Waals surface area contributed by atoms with Crippen LogP contribution >= 0.6 is 0 Å². The summed E-state index contributed by atoms with van der Waals surface area (Å²) in [6.07, 6.45) is 56.0. The first-order valence-electron chi connectivity index (χ1n) is 22.1. The van der Waals surface area contributed by atoms with Gasteiger partial charge in [-0.2, -0.15) is 0 Å². The van der Waals surface area contributed by atoms with E-state index in [1.807, 2.05) is 94.7 Å². The van der Waals surface area contributed by atoms with Crippen LogP contribution in [0.4, 0.5) is 11.4 Å². The van der Waals surface area contributed by atoms with Crippen molar-refractivity contribution in [3.8, 4) is 97.9 Å². The third kappa shape index (κ3) is 11.1. The summed E-state index contributed by atoms with van der Waals surface area (Å²) in [7, 11) is 0. The van der Waals surface area contributed by atoms with Gasteiger partial charge >= 0.3 is 0 Å². The van der Waals surface area contributed by atoms with Gasteiger partial charge in [-0.05, 0) is 131 Å². The summed E-state index contributed by atoms with van der Waals surface area (Å²) in [6.45, 7) is 1.33. The minimum Gasteiger partial charge on any atom is -0.507 e. The van der Waals surface area contributed by atoms with Crippen LogP contribution in [0, 0.1) is 86.4 Å². The molecule has 0 saturated heterocycles. The Morgan fingerprint density at radius 2 is 1.18 bits per heavy atom. The van der Waals surface area contributed by atoms with Gasteiger partial charge in [0.15, 0.2) is 0 Å². The van der Waals surface area contributed by atoms with Crippen molar-refractivity contribution in [1.82, 2.24) is 0 Å². The van der Waals surface area contributed by atoms with Crippen molar-refractivity contribution in [3.05, 3.63) is 201 Å². The van der Waals surface area contributed by atoms with Crippen LogP contribution in [0.2, 0.25) is 0 Å². The molecular weight excluding hydrogens is 829 g/mol. The standard InChI is InChI=1S/C64H48N2O2/c1-8-40-65(41-9-2)57-36-38-59(61(67)45-57)51(27-26-50-20-18-47(12-5)19-21-50)32-33-53-16-15-17-54(64(53)55-30-24-49(14-7)25-31-55)34-35-56-44-62(52-28-22-48(13-6)23-29-52)68-63-46-58(37-39-60(56)63)66(42-10-3)43-11-4/h1-7,18-25,27-39,44-46,67H,15-17,26,40-43H2/b33-32+,51-27-,54-34+,56-35+. The van der Waals surface area contributed by atoms with Crippen molar-refractivity contribution in [2.45, 2.75) is 25.7 Å². The summed E-state index contributed by atoms with van der Waals surface area (Å²) in [5, 5.41) is 11.6. The number of rotatable bonds is 14. The summed E-state index contributed by atoms with van der Waals surface area (Å²) in [5.41, 5.74) is 13.8. The minimum atomic E-state index is 0.109. The van der Waals surface area contributed by atoms with Crippen molar-refractivity contribution in [3.63, 3.8) is 0 Å². The predicted octanol–water partition coefficient (Wildman–Crippen LogP) is 11.7. The first-order chi connectivity index (χ1) is 33.3. The predicted molar refractivity (Wildman–Crippen MR) is 284 cm³/mol. The van der Waals surface area contributed by atoms with E-state index in [9.17, 15) is 5.11 Å². The maximum atomic E-state index is 11.6.